The maximum absolute atomic E-state index is 12.8. The molecule has 0 radical (unpaired) electrons. The lowest BCUT2D eigenvalue weighted by molar-refractivity contribution is -0.118. The van der Waals surface area contributed by atoms with Crippen LogP contribution in [0.25, 0.3) is 0 Å². The number of anilines is 1. The smallest absolute Gasteiger partial charge is 0.271 e. The summed E-state index contributed by atoms with van der Waals surface area (Å²) in [7, 11) is 1.50. The largest absolute Gasteiger partial charge is 0.493 e. The molecule has 0 saturated carbocycles. The van der Waals surface area contributed by atoms with Crippen LogP contribution >= 0.6 is 0 Å². The fourth-order valence-corrected chi connectivity index (χ4v) is 3.95. The molecule has 0 unspecified atom stereocenters. The van der Waals surface area contributed by atoms with E-state index in [-0.39, 0.29) is 12.5 Å². The van der Waals surface area contributed by atoms with E-state index in [0.29, 0.717) is 53.0 Å². The maximum Gasteiger partial charge on any atom is 0.271 e. The van der Waals surface area contributed by atoms with Crippen molar-refractivity contribution in [2.45, 2.75) is 20.5 Å². The summed E-state index contributed by atoms with van der Waals surface area (Å²) in [5, 5.41) is 6.87. The second kappa shape index (κ2) is 14.9. The van der Waals surface area contributed by atoms with Crippen LogP contribution in [0.4, 0.5) is 5.69 Å². The Morgan fingerprint density at radius 1 is 0.810 bits per heavy atom. The average molecular weight is 568 g/mol. The van der Waals surface area contributed by atoms with E-state index in [0.717, 1.165) is 11.1 Å². The van der Waals surface area contributed by atoms with E-state index in [1.807, 2.05) is 68.4 Å². The number of rotatable bonds is 13. The SMILES string of the molecule is CCOc1cc(C(=O)N/N=C/c2ccc(OCC(=O)Nc3cccc(C)c3)c(OC)c2)ccc1OCc1ccccc1. The normalized spacial score (nSPS) is 10.6. The molecule has 0 saturated heterocycles. The molecule has 0 aliphatic carbocycles. The van der Waals surface area contributed by atoms with Crippen LogP contribution in [-0.4, -0.2) is 38.4 Å². The highest BCUT2D eigenvalue weighted by Gasteiger charge is 2.12. The molecule has 0 atom stereocenters. The van der Waals surface area contributed by atoms with Crippen molar-refractivity contribution in [1.29, 1.82) is 0 Å². The number of methoxy groups -OCH3 is 1. The summed E-state index contributed by atoms with van der Waals surface area (Å²) in [6.45, 7) is 4.43. The standard InChI is InChI=1S/C33H33N3O6/c1-4-40-31-19-26(14-16-29(31)41-21-24-10-6-5-7-11-24)33(38)36-34-20-25-13-15-28(30(18-25)39-3)42-22-32(37)35-27-12-8-9-23(2)17-27/h5-20H,4,21-22H2,1-3H3,(H,35,37)(H,36,38)/b34-20+. The van der Waals surface area contributed by atoms with Crippen molar-refractivity contribution in [2.75, 3.05) is 25.6 Å². The molecule has 2 N–H and O–H groups in total. The number of nitrogens with one attached hydrogen (secondary N) is 2. The molecular formula is C33H33N3O6. The molecule has 0 aliphatic heterocycles. The molecule has 9 heteroatoms. The number of carbonyl (C=O) groups is 2. The first-order chi connectivity index (χ1) is 20.4. The van der Waals surface area contributed by atoms with E-state index in [1.165, 1.54) is 13.3 Å². The predicted molar refractivity (Wildman–Crippen MR) is 162 cm³/mol. The lowest BCUT2D eigenvalue weighted by atomic mass is 10.2. The molecule has 4 aromatic carbocycles. The molecule has 2 amide bonds. The molecule has 0 fully saturated rings. The molecule has 4 aromatic rings. The van der Waals surface area contributed by atoms with Gasteiger partial charge in [-0.1, -0.05) is 42.5 Å². The van der Waals surface area contributed by atoms with E-state index in [4.69, 9.17) is 18.9 Å². The van der Waals surface area contributed by atoms with Crippen LogP contribution in [0.1, 0.15) is 34.0 Å². The monoisotopic (exact) mass is 567 g/mol. The number of benzene rings is 4. The van der Waals surface area contributed by atoms with Crippen LogP contribution in [0.2, 0.25) is 0 Å². The van der Waals surface area contributed by atoms with Crippen molar-refractivity contribution in [3.63, 3.8) is 0 Å². The fraction of sp³-hybridized carbons (Fsp3) is 0.182. The molecule has 0 bridgehead atoms. The van der Waals surface area contributed by atoms with Gasteiger partial charge >= 0.3 is 0 Å². The average Bonchev–Trinajstić information content (AvgIpc) is 3.00. The lowest BCUT2D eigenvalue weighted by Crippen LogP contribution is -2.20. The zero-order valence-electron chi connectivity index (χ0n) is 23.8. The van der Waals surface area contributed by atoms with Crippen LogP contribution < -0.4 is 29.7 Å². The van der Waals surface area contributed by atoms with E-state index in [9.17, 15) is 9.59 Å². The Morgan fingerprint density at radius 3 is 2.36 bits per heavy atom. The molecule has 216 valence electrons. The molecule has 0 heterocycles. The first kappa shape index (κ1) is 29.7. The summed E-state index contributed by atoms with van der Waals surface area (Å²) in [6, 6.07) is 27.4. The Labute approximate surface area is 245 Å². The number of nitrogens with zero attached hydrogens (tertiary/aromatic N) is 1. The van der Waals surface area contributed by atoms with Crippen molar-refractivity contribution in [2.24, 2.45) is 5.10 Å². The third-order valence-corrected chi connectivity index (χ3v) is 5.97. The summed E-state index contributed by atoms with van der Waals surface area (Å²) in [5.41, 5.74) is 6.31. The van der Waals surface area contributed by atoms with Crippen molar-refractivity contribution < 1.29 is 28.5 Å². The highest BCUT2D eigenvalue weighted by molar-refractivity contribution is 5.95. The zero-order valence-corrected chi connectivity index (χ0v) is 23.8. The first-order valence-electron chi connectivity index (χ1n) is 13.4. The van der Waals surface area contributed by atoms with Gasteiger partial charge in [-0.25, -0.2) is 5.43 Å². The molecule has 0 aromatic heterocycles. The molecule has 4 rings (SSSR count). The van der Waals surface area contributed by atoms with Gasteiger partial charge in [0.2, 0.25) is 0 Å². The van der Waals surface area contributed by atoms with Crippen molar-refractivity contribution >= 4 is 23.7 Å². The maximum atomic E-state index is 12.8. The van der Waals surface area contributed by atoms with Crippen molar-refractivity contribution in [1.82, 2.24) is 5.43 Å². The minimum atomic E-state index is -0.409. The lowest BCUT2D eigenvalue weighted by Gasteiger charge is -2.13. The topological polar surface area (TPSA) is 107 Å². The quantitative estimate of drug-likeness (QED) is 0.157. The second-order valence-corrected chi connectivity index (χ2v) is 9.18. The number of ether oxygens (including phenoxy) is 4. The first-order valence-corrected chi connectivity index (χ1v) is 13.4. The van der Waals surface area contributed by atoms with Crippen LogP contribution in [-0.2, 0) is 11.4 Å². The van der Waals surface area contributed by atoms with E-state index in [1.54, 1.807) is 36.4 Å². The van der Waals surface area contributed by atoms with Gasteiger partial charge in [0.1, 0.15) is 6.61 Å². The Bertz CT molecular complexity index is 1540. The third kappa shape index (κ3) is 8.59. The van der Waals surface area contributed by atoms with E-state index in [2.05, 4.69) is 15.8 Å². The summed E-state index contributed by atoms with van der Waals surface area (Å²) in [4.78, 5) is 25.1. The van der Waals surface area contributed by atoms with Gasteiger partial charge < -0.3 is 24.3 Å². The molecule has 42 heavy (non-hydrogen) atoms. The minimum absolute atomic E-state index is 0.187. The van der Waals surface area contributed by atoms with Gasteiger partial charge in [-0.05, 0) is 79.1 Å². The number of amides is 2. The van der Waals surface area contributed by atoms with Gasteiger partial charge in [-0.2, -0.15) is 5.10 Å². The molecule has 0 aliphatic rings. The number of aryl methyl sites for hydroxylation is 1. The molecule has 0 spiro atoms. The number of carbonyl (C=O) groups excluding carboxylic acids is 2. The number of hydrazone groups is 1. The van der Waals surface area contributed by atoms with Crippen molar-refractivity contribution in [3.8, 4) is 23.0 Å². The van der Waals surface area contributed by atoms with Gasteiger partial charge in [0.15, 0.2) is 29.6 Å². The third-order valence-electron chi connectivity index (χ3n) is 5.97. The second-order valence-electron chi connectivity index (χ2n) is 9.18. The Hall–Kier alpha value is -5.31. The summed E-state index contributed by atoms with van der Waals surface area (Å²) in [5.74, 6) is 1.13. The van der Waals surface area contributed by atoms with Crippen LogP contribution in [0.15, 0.2) is 96.1 Å². The molecular weight excluding hydrogens is 534 g/mol. The Balaban J connectivity index is 1.33. The van der Waals surface area contributed by atoms with Crippen LogP contribution in [0, 0.1) is 6.92 Å². The Morgan fingerprint density at radius 2 is 1.60 bits per heavy atom. The Kier molecular flexibility index (Phi) is 10.5. The van der Waals surface area contributed by atoms with Crippen LogP contribution in [0.5, 0.6) is 23.0 Å². The van der Waals surface area contributed by atoms with Gasteiger partial charge in [0.05, 0.1) is 19.9 Å². The highest BCUT2D eigenvalue weighted by atomic mass is 16.5. The van der Waals surface area contributed by atoms with E-state index < -0.39 is 5.91 Å². The van der Waals surface area contributed by atoms with Gasteiger partial charge in [0, 0.05) is 11.3 Å². The zero-order chi connectivity index (χ0) is 29.7. The van der Waals surface area contributed by atoms with Crippen LogP contribution in [0.3, 0.4) is 0 Å². The van der Waals surface area contributed by atoms with E-state index >= 15 is 0 Å². The summed E-state index contributed by atoms with van der Waals surface area (Å²) in [6.07, 6.45) is 1.48. The minimum Gasteiger partial charge on any atom is -0.493 e. The highest BCUT2D eigenvalue weighted by Crippen LogP contribution is 2.30. The van der Waals surface area contributed by atoms with Gasteiger partial charge in [-0.3, -0.25) is 9.59 Å². The summed E-state index contributed by atoms with van der Waals surface area (Å²) < 4.78 is 22.7. The number of hydrogen-bond acceptors (Lipinski definition) is 7. The summed E-state index contributed by atoms with van der Waals surface area (Å²) >= 11 is 0. The molecule has 9 nitrogen and oxygen atoms in total. The fourth-order valence-electron chi connectivity index (χ4n) is 3.95. The predicted octanol–water partition coefficient (Wildman–Crippen LogP) is 5.76. The van der Waals surface area contributed by atoms with Gasteiger partial charge in [0.25, 0.3) is 11.8 Å². The van der Waals surface area contributed by atoms with Crippen molar-refractivity contribution in [3.05, 3.63) is 113 Å². The number of hydrogen-bond donors (Lipinski definition) is 2. The van der Waals surface area contributed by atoms with Gasteiger partial charge in [-0.15, -0.1) is 0 Å².